The Balaban J connectivity index is 2.64. The fraction of sp³-hybridized carbons (Fsp3) is 0.462. The third-order valence-corrected chi connectivity index (χ3v) is 2.49. The molecule has 0 aliphatic rings. The van der Waals surface area contributed by atoms with E-state index in [9.17, 15) is 9.18 Å². The molecule has 0 fully saturated rings. The maximum absolute atomic E-state index is 13.0. The number of aryl methyl sites for hydroxylation is 1. The number of hydrogen-bond acceptors (Lipinski definition) is 2. The molecule has 1 unspecified atom stereocenters. The van der Waals surface area contributed by atoms with Crippen LogP contribution in [0.5, 0.6) is 0 Å². The van der Waals surface area contributed by atoms with Crippen molar-refractivity contribution in [3.63, 3.8) is 0 Å². The molecular weight excluding hydrogens is 219 g/mol. The van der Waals surface area contributed by atoms with E-state index in [0.29, 0.717) is 23.6 Å². The number of amides is 1. The van der Waals surface area contributed by atoms with Gasteiger partial charge in [0, 0.05) is 5.69 Å². The number of rotatable bonds is 4. The second-order valence-corrected chi connectivity index (χ2v) is 4.69. The molecule has 1 atom stereocenters. The zero-order chi connectivity index (χ0) is 13.0. The van der Waals surface area contributed by atoms with Gasteiger partial charge in [0.15, 0.2) is 0 Å². The van der Waals surface area contributed by atoms with Crippen molar-refractivity contribution in [3.8, 4) is 0 Å². The van der Waals surface area contributed by atoms with E-state index >= 15 is 0 Å². The minimum absolute atomic E-state index is 0.232. The SMILES string of the molecule is Cc1cc(NC(=O)C(N)CC(C)C)ccc1F. The van der Waals surface area contributed by atoms with Crippen molar-refractivity contribution in [3.05, 3.63) is 29.6 Å². The first kappa shape index (κ1) is 13.6. The summed E-state index contributed by atoms with van der Waals surface area (Å²) in [6.07, 6.45) is 0.631. The van der Waals surface area contributed by atoms with Gasteiger partial charge in [-0.25, -0.2) is 4.39 Å². The summed E-state index contributed by atoms with van der Waals surface area (Å²) in [4.78, 5) is 11.7. The molecule has 17 heavy (non-hydrogen) atoms. The van der Waals surface area contributed by atoms with Gasteiger partial charge in [-0.2, -0.15) is 0 Å². The van der Waals surface area contributed by atoms with Crippen molar-refractivity contribution < 1.29 is 9.18 Å². The van der Waals surface area contributed by atoms with Crippen LogP contribution in [0, 0.1) is 18.7 Å². The number of anilines is 1. The molecule has 1 rings (SSSR count). The summed E-state index contributed by atoms with van der Waals surface area (Å²) in [7, 11) is 0. The van der Waals surface area contributed by atoms with Gasteiger partial charge in [0.2, 0.25) is 5.91 Å². The van der Waals surface area contributed by atoms with Crippen LogP contribution < -0.4 is 11.1 Å². The van der Waals surface area contributed by atoms with Gasteiger partial charge in [0.05, 0.1) is 6.04 Å². The molecule has 1 aromatic carbocycles. The number of halogens is 1. The van der Waals surface area contributed by atoms with E-state index in [1.165, 1.54) is 12.1 Å². The van der Waals surface area contributed by atoms with Crippen molar-refractivity contribution in [2.24, 2.45) is 11.7 Å². The Morgan fingerprint density at radius 1 is 1.47 bits per heavy atom. The van der Waals surface area contributed by atoms with Crippen LogP contribution in [0.3, 0.4) is 0 Å². The molecule has 3 N–H and O–H groups in total. The smallest absolute Gasteiger partial charge is 0.241 e. The predicted octanol–water partition coefficient (Wildman–Crippen LogP) is 2.45. The maximum Gasteiger partial charge on any atom is 0.241 e. The van der Waals surface area contributed by atoms with Crippen LogP contribution in [-0.4, -0.2) is 11.9 Å². The highest BCUT2D eigenvalue weighted by atomic mass is 19.1. The number of carbonyl (C=O) groups excluding carboxylic acids is 1. The molecule has 3 nitrogen and oxygen atoms in total. The number of nitrogens with two attached hydrogens (primary N) is 1. The summed E-state index contributed by atoms with van der Waals surface area (Å²) in [6, 6.07) is 3.93. The second kappa shape index (κ2) is 5.77. The summed E-state index contributed by atoms with van der Waals surface area (Å²) in [5.41, 5.74) is 6.82. The average Bonchev–Trinajstić information content (AvgIpc) is 2.22. The van der Waals surface area contributed by atoms with Gasteiger partial charge in [0.25, 0.3) is 0 Å². The minimum atomic E-state index is -0.527. The fourth-order valence-electron chi connectivity index (χ4n) is 1.57. The van der Waals surface area contributed by atoms with Gasteiger partial charge in [-0.15, -0.1) is 0 Å². The van der Waals surface area contributed by atoms with Crippen LogP contribution in [0.15, 0.2) is 18.2 Å². The Kier molecular flexibility index (Phi) is 4.63. The molecule has 0 aromatic heterocycles. The number of hydrogen-bond donors (Lipinski definition) is 2. The number of nitrogens with one attached hydrogen (secondary N) is 1. The Bertz CT molecular complexity index is 404. The maximum atomic E-state index is 13.0. The molecule has 0 bridgehead atoms. The summed E-state index contributed by atoms with van der Waals surface area (Å²) in [6.45, 7) is 5.67. The summed E-state index contributed by atoms with van der Waals surface area (Å²) in [5.74, 6) is -0.148. The third kappa shape index (κ3) is 4.15. The van der Waals surface area contributed by atoms with Gasteiger partial charge in [-0.3, -0.25) is 4.79 Å². The zero-order valence-corrected chi connectivity index (χ0v) is 10.5. The van der Waals surface area contributed by atoms with E-state index in [4.69, 9.17) is 5.73 Å². The van der Waals surface area contributed by atoms with Gasteiger partial charge in [-0.05, 0) is 43.0 Å². The van der Waals surface area contributed by atoms with E-state index in [0.717, 1.165) is 0 Å². The molecule has 1 aromatic rings. The van der Waals surface area contributed by atoms with Crippen molar-refractivity contribution in [2.75, 3.05) is 5.32 Å². The lowest BCUT2D eigenvalue weighted by Gasteiger charge is -2.14. The molecule has 0 aliphatic carbocycles. The highest BCUT2D eigenvalue weighted by Gasteiger charge is 2.15. The topological polar surface area (TPSA) is 55.1 Å². The number of benzene rings is 1. The van der Waals surface area contributed by atoms with E-state index < -0.39 is 6.04 Å². The lowest BCUT2D eigenvalue weighted by atomic mass is 10.0. The molecule has 0 saturated heterocycles. The van der Waals surface area contributed by atoms with Crippen molar-refractivity contribution >= 4 is 11.6 Å². The minimum Gasteiger partial charge on any atom is -0.325 e. The number of carbonyl (C=O) groups is 1. The first-order chi connectivity index (χ1) is 7.90. The predicted molar refractivity (Wildman–Crippen MR) is 67.2 cm³/mol. The normalized spacial score (nSPS) is 12.6. The molecule has 0 radical (unpaired) electrons. The van der Waals surface area contributed by atoms with E-state index in [-0.39, 0.29) is 11.7 Å². The van der Waals surface area contributed by atoms with Crippen LogP contribution in [0.2, 0.25) is 0 Å². The van der Waals surface area contributed by atoms with E-state index in [1.54, 1.807) is 13.0 Å². The molecule has 0 saturated carbocycles. The third-order valence-electron chi connectivity index (χ3n) is 2.49. The molecule has 1 amide bonds. The Morgan fingerprint density at radius 2 is 2.12 bits per heavy atom. The monoisotopic (exact) mass is 238 g/mol. The average molecular weight is 238 g/mol. The highest BCUT2D eigenvalue weighted by Crippen LogP contribution is 2.14. The van der Waals surface area contributed by atoms with Crippen LogP contribution in [0.25, 0.3) is 0 Å². The van der Waals surface area contributed by atoms with Crippen LogP contribution in [-0.2, 0) is 4.79 Å². The van der Waals surface area contributed by atoms with Gasteiger partial charge in [0.1, 0.15) is 5.82 Å². The van der Waals surface area contributed by atoms with Gasteiger partial charge in [-0.1, -0.05) is 13.8 Å². The first-order valence-corrected chi connectivity index (χ1v) is 5.72. The lowest BCUT2D eigenvalue weighted by Crippen LogP contribution is -2.36. The standard InChI is InChI=1S/C13H19FN2O/c1-8(2)6-12(15)13(17)16-10-4-5-11(14)9(3)7-10/h4-5,7-8,12H,6,15H2,1-3H3,(H,16,17). The molecule has 0 heterocycles. The second-order valence-electron chi connectivity index (χ2n) is 4.69. The highest BCUT2D eigenvalue weighted by molar-refractivity contribution is 5.94. The fourth-order valence-corrected chi connectivity index (χ4v) is 1.57. The van der Waals surface area contributed by atoms with E-state index in [1.807, 2.05) is 13.8 Å². The van der Waals surface area contributed by atoms with Gasteiger partial charge >= 0.3 is 0 Å². The van der Waals surface area contributed by atoms with Crippen LogP contribution in [0.1, 0.15) is 25.8 Å². The largest absolute Gasteiger partial charge is 0.325 e. The lowest BCUT2D eigenvalue weighted by molar-refractivity contribution is -0.117. The Labute approximate surface area is 101 Å². The summed E-state index contributed by atoms with van der Waals surface area (Å²) in [5, 5.41) is 2.68. The quantitative estimate of drug-likeness (QED) is 0.846. The van der Waals surface area contributed by atoms with Crippen LogP contribution >= 0.6 is 0 Å². The Morgan fingerprint density at radius 3 is 2.65 bits per heavy atom. The molecule has 0 spiro atoms. The van der Waals surface area contributed by atoms with Crippen LogP contribution in [0.4, 0.5) is 10.1 Å². The van der Waals surface area contributed by atoms with Crippen molar-refractivity contribution in [1.82, 2.24) is 0 Å². The molecule has 4 heteroatoms. The zero-order valence-electron chi connectivity index (χ0n) is 10.5. The Hall–Kier alpha value is -1.42. The van der Waals surface area contributed by atoms with E-state index in [2.05, 4.69) is 5.32 Å². The summed E-state index contributed by atoms with van der Waals surface area (Å²) < 4.78 is 13.0. The molecule has 0 aliphatic heterocycles. The summed E-state index contributed by atoms with van der Waals surface area (Å²) >= 11 is 0. The molecular formula is C13H19FN2O. The van der Waals surface area contributed by atoms with Crippen molar-refractivity contribution in [2.45, 2.75) is 33.2 Å². The molecule has 94 valence electrons. The van der Waals surface area contributed by atoms with Crippen molar-refractivity contribution in [1.29, 1.82) is 0 Å². The first-order valence-electron chi connectivity index (χ1n) is 5.72. The van der Waals surface area contributed by atoms with Gasteiger partial charge < -0.3 is 11.1 Å².